The van der Waals surface area contributed by atoms with Gasteiger partial charge in [0.15, 0.2) is 5.01 Å². The summed E-state index contributed by atoms with van der Waals surface area (Å²) in [4.78, 5) is 2.20. The number of nitrogens with zero attached hydrogens (tertiary/aromatic N) is 4. The highest BCUT2D eigenvalue weighted by Gasteiger charge is 2.37. The van der Waals surface area contributed by atoms with E-state index in [1.54, 1.807) is 0 Å². The van der Waals surface area contributed by atoms with Crippen molar-refractivity contribution in [1.82, 2.24) is 25.7 Å². The number of nitrogens with one attached hydrogen (secondary N) is 2. The smallest absolute Gasteiger partial charge is 0.208 e. The van der Waals surface area contributed by atoms with Crippen molar-refractivity contribution in [3.05, 3.63) is 36.2 Å². The van der Waals surface area contributed by atoms with Crippen LogP contribution < -0.4 is 10.2 Å². The number of anilines is 1. The number of aromatic amines is 1. The molecule has 2 atom stereocenters. The fourth-order valence-electron chi connectivity index (χ4n) is 3.79. The quantitative estimate of drug-likeness (QED) is 0.737. The van der Waals surface area contributed by atoms with E-state index in [0.717, 1.165) is 31.3 Å². The maximum absolute atomic E-state index is 14.6. The van der Waals surface area contributed by atoms with Crippen molar-refractivity contribution < 1.29 is 8.78 Å². The highest BCUT2D eigenvalue weighted by Crippen LogP contribution is 2.37. The van der Waals surface area contributed by atoms with Gasteiger partial charge in [0.25, 0.3) is 0 Å². The van der Waals surface area contributed by atoms with E-state index in [9.17, 15) is 8.78 Å². The number of fused-ring (bicyclic) bond motifs is 1. The molecule has 0 radical (unpaired) electrons. The van der Waals surface area contributed by atoms with E-state index in [1.807, 2.05) is 0 Å². The lowest BCUT2D eigenvalue weighted by Gasteiger charge is -2.14. The van der Waals surface area contributed by atoms with Crippen LogP contribution in [0.3, 0.4) is 0 Å². The number of aromatic nitrogens is 4. The Hall–Kier alpha value is -2.39. The molecule has 0 spiro atoms. The molecule has 3 aromatic rings. The van der Waals surface area contributed by atoms with Crippen LogP contribution in [0.2, 0.25) is 0 Å². The minimum absolute atomic E-state index is 0.138. The van der Waals surface area contributed by atoms with Crippen LogP contribution in [-0.4, -0.2) is 46.6 Å². The lowest BCUT2D eigenvalue weighted by molar-refractivity contribution is 0.533. The van der Waals surface area contributed by atoms with Crippen LogP contribution in [0.1, 0.15) is 0 Å². The summed E-state index contributed by atoms with van der Waals surface area (Å²) in [6.07, 6.45) is 2.99. The molecule has 2 aromatic heterocycles. The van der Waals surface area contributed by atoms with Crippen molar-refractivity contribution in [1.29, 1.82) is 0 Å². The SMILES string of the molecule is Fc1cc(-c2nnc(N3CC4CNCC4C3)s2)c(F)cc1-c1cn[nH]c1. The van der Waals surface area contributed by atoms with Crippen molar-refractivity contribution in [2.24, 2.45) is 11.8 Å². The first-order chi connectivity index (χ1) is 12.7. The highest BCUT2D eigenvalue weighted by molar-refractivity contribution is 7.18. The zero-order chi connectivity index (χ0) is 17.7. The Morgan fingerprint density at radius 3 is 2.50 bits per heavy atom. The first kappa shape index (κ1) is 15.8. The Labute approximate surface area is 152 Å². The number of hydrogen-bond acceptors (Lipinski definition) is 6. The number of rotatable bonds is 3. The van der Waals surface area contributed by atoms with Gasteiger partial charge in [0.2, 0.25) is 5.13 Å². The standard InChI is InChI=1S/C17H16F2N6S/c18-14-2-13(15(19)1-12(14)9-5-21-22-6-9)16-23-24-17(26-16)25-7-10-3-20-4-11(10)8-25/h1-2,5-6,10-11,20H,3-4,7-8H2,(H,21,22). The van der Waals surface area contributed by atoms with E-state index in [2.05, 4.69) is 30.6 Å². The average Bonchev–Trinajstić information content (AvgIpc) is 3.39. The van der Waals surface area contributed by atoms with Crippen LogP contribution in [0.25, 0.3) is 21.7 Å². The van der Waals surface area contributed by atoms with Crippen molar-refractivity contribution in [3.8, 4) is 21.7 Å². The van der Waals surface area contributed by atoms with Crippen LogP contribution in [-0.2, 0) is 0 Å². The van der Waals surface area contributed by atoms with Gasteiger partial charge in [-0.2, -0.15) is 5.10 Å². The van der Waals surface area contributed by atoms with E-state index in [-0.39, 0.29) is 11.1 Å². The molecule has 0 amide bonds. The molecule has 6 nitrogen and oxygen atoms in total. The van der Waals surface area contributed by atoms with Crippen molar-refractivity contribution >= 4 is 16.5 Å². The molecular formula is C17H16F2N6S. The summed E-state index contributed by atoms with van der Waals surface area (Å²) in [6, 6.07) is 2.37. The van der Waals surface area contributed by atoms with Gasteiger partial charge < -0.3 is 10.2 Å². The Balaban J connectivity index is 1.44. The molecular weight excluding hydrogens is 358 g/mol. The molecule has 26 heavy (non-hydrogen) atoms. The molecule has 2 saturated heterocycles. The van der Waals surface area contributed by atoms with Gasteiger partial charge in [-0.15, -0.1) is 10.2 Å². The summed E-state index contributed by atoms with van der Waals surface area (Å²) in [5.74, 6) is 0.227. The van der Waals surface area contributed by atoms with Crippen LogP contribution in [0.15, 0.2) is 24.5 Å². The molecule has 2 N–H and O–H groups in total. The van der Waals surface area contributed by atoms with Crippen LogP contribution in [0.4, 0.5) is 13.9 Å². The van der Waals surface area contributed by atoms with Gasteiger partial charge >= 0.3 is 0 Å². The number of hydrogen-bond donors (Lipinski definition) is 2. The summed E-state index contributed by atoms with van der Waals surface area (Å²) in [5, 5.41) is 19.3. The normalized spacial score (nSPS) is 22.2. The first-order valence-corrected chi connectivity index (χ1v) is 9.28. The van der Waals surface area contributed by atoms with Gasteiger partial charge in [-0.1, -0.05) is 11.3 Å². The van der Waals surface area contributed by atoms with Gasteiger partial charge in [-0.05, 0) is 24.0 Å². The topological polar surface area (TPSA) is 69.7 Å². The molecule has 134 valence electrons. The molecule has 2 unspecified atom stereocenters. The monoisotopic (exact) mass is 374 g/mol. The van der Waals surface area contributed by atoms with E-state index in [4.69, 9.17) is 0 Å². The molecule has 5 rings (SSSR count). The maximum Gasteiger partial charge on any atom is 0.208 e. The molecule has 4 heterocycles. The van der Waals surface area contributed by atoms with Crippen LogP contribution in [0.5, 0.6) is 0 Å². The van der Waals surface area contributed by atoms with E-state index in [0.29, 0.717) is 22.4 Å². The molecule has 9 heteroatoms. The summed E-state index contributed by atoms with van der Waals surface area (Å²) in [7, 11) is 0. The third-order valence-electron chi connectivity index (χ3n) is 5.17. The molecule has 2 aliphatic heterocycles. The lowest BCUT2D eigenvalue weighted by atomic mass is 10.0. The minimum atomic E-state index is -0.521. The second-order valence-corrected chi connectivity index (χ2v) is 7.73. The fourth-order valence-corrected chi connectivity index (χ4v) is 4.67. The summed E-state index contributed by atoms with van der Waals surface area (Å²) < 4.78 is 29.1. The zero-order valence-electron chi connectivity index (χ0n) is 13.7. The molecule has 0 bridgehead atoms. The third kappa shape index (κ3) is 2.58. The minimum Gasteiger partial charge on any atom is -0.346 e. The molecule has 1 aromatic carbocycles. The number of halogens is 2. The average molecular weight is 374 g/mol. The molecule has 0 aliphatic carbocycles. The third-order valence-corrected chi connectivity index (χ3v) is 6.19. The Kier molecular flexibility index (Phi) is 3.71. The highest BCUT2D eigenvalue weighted by atomic mass is 32.1. The van der Waals surface area contributed by atoms with Crippen LogP contribution >= 0.6 is 11.3 Å². The molecule has 0 saturated carbocycles. The van der Waals surface area contributed by atoms with E-state index < -0.39 is 11.6 Å². The summed E-state index contributed by atoms with van der Waals surface area (Å²) in [6.45, 7) is 3.93. The lowest BCUT2D eigenvalue weighted by Crippen LogP contribution is -2.25. The predicted molar refractivity (Wildman–Crippen MR) is 94.9 cm³/mol. The second kappa shape index (κ2) is 6.10. The van der Waals surface area contributed by atoms with Crippen LogP contribution in [0, 0.1) is 23.5 Å². The second-order valence-electron chi connectivity index (χ2n) is 6.77. The zero-order valence-corrected chi connectivity index (χ0v) is 14.6. The molecule has 2 aliphatic rings. The van der Waals surface area contributed by atoms with Crippen molar-refractivity contribution in [2.75, 3.05) is 31.1 Å². The first-order valence-electron chi connectivity index (χ1n) is 8.47. The fraction of sp³-hybridized carbons (Fsp3) is 0.353. The number of H-pyrrole nitrogens is 1. The molecule has 2 fully saturated rings. The van der Waals surface area contributed by atoms with Gasteiger partial charge in [-0.25, -0.2) is 8.78 Å². The van der Waals surface area contributed by atoms with Crippen molar-refractivity contribution in [2.45, 2.75) is 0 Å². The Bertz CT molecular complexity index is 929. The Morgan fingerprint density at radius 1 is 1.04 bits per heavy atom. The van der Waals surface area contributed by atoms with Gasteiger partial charge in [0.05, 0.1) is 11.8 Å². The summed E-state index contributed by atoms with van der Waals surface area (Å²) in [5.41, 5.74) is 0.812. The largest absolute Gasteiger partial charge is 0.346 e. The maximum atomic E-state index is 14.6. The van der Waals surface area contributed by atoms with E-state index >= 15 is 0 Å². The predicted octanol–water partition coefficient (Wildman–Crippen LogP) is 2.53. The summed E-state index contributed by atoms with van der Waals surface area (Å²) >= 11 is 1.31. The van der Waals surface area contributed by atoms with E-state index in [1.165, 1.54) is 35.9 Å². The Morgan fingerprint density at radius 2 is 1.77 bits per heavy atom. The van der Waals surface area contributed by atoms with Gasteiger partial charge in [-0.3, -0.25) is 5.10 Å². The van der Waals surface area contributed by atoms with Gasteiger partial charge in [0, 0.05) is 43.5 Å². The number of benzene rings is 1. The van der Waals surface area contributed by atoms with Crippen molar-refractivity contribution in [3.63, 3.8) is 0 Å². The van der Waals surface area contributed by atoms with Gasteiger partial charge in [0.1, 0.15) is 11.6 Å².